The van der Waals surface area contributed by atoms with Gasteiger partial charge in [-0.15, -0.1) is 11.3 Å². The van der Waals surface area contributed by atoms with Gasteiger partial charge in [-0.2, -0.15) is 0 Å². The third-order valence-electron chi connectivity index (χ3n) is 10.5. The van der Waals surface area contributed by atoms with Crippen LogP contribution >= 0.6 is 11.3 Å². The fraction of sp³-hybridized carbons (Fsp3) is 0. The molecule has 0 saturated carbocycles. The van der Waals surface area contributed by atoms with E-state index in [0.29, 0.717) is 0 Å². The van der Waals surface area contributed by atoms with Crippen molar-refractivity contribution in [2.45, 2.75) is 0 Å². The second kappa shape index (κ2) is 13.7. The molecule has 2 heteroatoms. The monoisotopic (exact) mass is 705 g/mol. The first-order chi connectivity index (χ1) is 26.8. The number of thiophene rings is 1. The summed E-state index contributed by atoms with van der Waals surface area (Å²) in [6.07, 6.45) is 0. The highest BCUT2D eigenvalue weighted by atomic mass is 32.1. The maximum Gasteiger partial charge on any atom is 0.0467 e. The van der Waals surface area contributed by atoms with Gasteiger partial charge in [-0.3, -0.25) is 0 Å². The molecule has 0 aliphatic carbocycles. The molecule has 10 rings (SSSR count). The molecule has 0 aliphatic heterocycles. The topological polar surface area (TPSA) is 3.24 Å². The fourth-order valence-electron chi connectivity index (χ4n) is 7.85. The smallest absolute Gasteiger partial charge is 0.0467 e. The molecule has 1 nitrogen and oxygen atoms in total. The lowest BCUT2D eigenvalue weighted by Crippen LogP contribution is -2.10. The van der Waals surface area contributed by atoms with Gasteiger partial charge in [0.1, 0.15) is 0 Å². The lowest BCUT2D eigenvalue weighted by atomic mass is 9.95. The number of hydrogen-bond donors (Lipinski definition) is 0. The van der Waals surface area contributed by atoms with Gasteiger partial charge >= 0.3 is 0 Å². The second-order valence-electron chi connectivity index (χ2n) is 13.7. The van der Waals surface area contributed by atoms with E-state index in [9.17, 15) is 0 Å². The van der Waals surface area contributed by atoms with Crippen molar-refractivity contribution in [3.8, 4) is 44.5 Å². The van der Waals surface area contributed by atoms with Crippen LogP contribution in [-0.2, 0) is 0 Å². The Morgan fingerprint density at radius 3 is 1.65 bits per heavy atom. The standard InChI is InChI=1S/C52H35NS/c1-2-12-36(13-3-1)37-26-30-43(31-27-37)53(44-32-28-39(29-33-44)48-23-11-25-51-52(48)49-21-6-7-24-50(49)54-51)45-19-9-17-41(35-45)40-16-8-18-42(34-40)47-22-10-15-38-14-4-5-20-46(38)47/h1-35H. The van der Waals surface area contributed by atoms with Crippen molar-refractivity contribution < 1.29 is 0 Å². The molecule has 0 spiro atoms. The lowest BCUT2D eigenvalue weighted by Gasteiger charge is -2.26. The Kier molecular flexibility index (Phi) is 8.09. The first-order valence-corrected chi connectivity index (χ1v) is 19.2. The highest BCUT2D eigenvalue weighted by molar-refractivity contribution is 7.25. The van der Waals surface area contributed by atoms with E-state index in [1.165, 1.54) is 75.5 Å². The van der Waals surface area contributed by atoms with Crippen LogP contribution in [0.4, 0.5) is 17.1 Å². The zero-order chi connectivity index (χ0) is 35.8. The van der Waals surface area contributed by atoms with Crippen molar-refractivity contribution >= 4 is 59.3 Å². The van der Waals surface area contributed by atoms with Gasteiger partial charge in [0.15, 0.2) is 0 Å². The number of anilines is 3. The van der Waals surface area contributed by atoms with Gasteiger partial charge in [0.2, 0.25) is 0 Å². The van der Waals surface area contributed by atoms with E-state index in [-0.39, 0.29) is 0 Å². The average Bonchev–Trinajstić information content (AvgIpc) is 3.64. The molecule has 0 unspecified atom stereocenters. The molecule has 254 valence electrons. The van der Waals surface area contributed by atoms with E-state index >= 15 is 0 Å². The number of hydrogen-bond acceptors (Lipinski definition) is 2. The van der Waals surface area contributed by atoms with Gasteiger partial charge in [-0.1, -0.05) is 158 Å². The Morgan fingerprint density at radius 1 is 0.296 bits per heavy atom. The fourth-order valence-corrected chi connectivity index (χ4v) is 8.99. The molecule has 0 aliphatic rings. The lowest BCUT2D eigenvalue weighted by molar-refractivity contribution is 1.28. The summed E-state index contributed by atoms with van der Waals surface area (Å²) in [7, 11) is 0. The summed E-state index contributed by atoms with van der Waals surface area (Å²) >= 11 is 1.86. The van der Waals surface area contributed by atoms with E-state index in [1.54, 1.807) is 0 Å². The van der Waals surface area contributed by atoms with E-state index in [4.69, 9.17) is 0 Å². The van der Waals surface area contributed by atoms with E-state index in [0.717, 1.165) is 17.1 Å². The van der Waals surface area contributed by atoms with Crippen LogP contribution in [-0.4, -0.2) is 0 Å². The number of rotatable bonds is 7. The summed E-state index contributed by atoms with van der Waals surface area (Å²) < 4.78 is 2.64. The quantitative estimate of drug-likeness (QED) is 0.160. The number of nitrogens with zero attached hydrogens (tertiary/aromatic N) is 1. The predicted molar refractivity (Wildman–Crippen MR) is 233 cm³/mol. The molecular weight excluding hydrogens is 671 g/mol. The molecule has 0 radical (unpaired) electrons. The molecule has 10 aromatic rings. The maximum absolute atomic E-state index is 2.37. The Labute approximate surface area is 319 Å². The SMILES string of the molecule is c1ccc(-c2ccc(N(c3ccc(-c4cccc5sc6ccccc6c45)cc3)c3cccc(-c4cccc(-c5cccc6ccccc56)c4)c3)cc2)cc1. The van der Waals surface area contributed by atoms with Gasteiger partial charge in [0, 0.05) is 37.2 Å². The molecule has 1 aromatic heterocycles. The molecule has 0 N–H and O–H groups in total. The first kappa shape index (κ1) is 32.0. The van der Waals surface area contributed by atoms with Crippen molar-refractivity contribution in [1.29, 1.82) is 0 Å². The van der Waals surface area contributed by atoms with Crippen molar-refractivity contribution in [1.82, 2.24) is 0 Å². The minimum absolute atomic E-state index is 1.11. The number of benzene rings is 9. The molecule has 0 bridgehead atoms. The normalized spacial score (nSPS) is 11.3. The minimum atomic E-state index is 1.11. The Hall–Kier alpha value is -6.74. The van der Waals surface area contributed by atoms with E-state index < -0.39 is 0 Å². The highest BCUT2D eigenvalue weighted by Gasteiger charge is 2.16. The van der Waals surface area contributed by atoms with Crippen LogP contribution in [0.5, 0.6) is 0 Å². The largest absolute Gasteiger partial charge is 0.310 e. The summed E-state index contributed by atoms with van der Waals surface area (Å²) in [5.74, 6) is 0. The van der Waals surface area contributed by atoms with Crippen molar-refractivity contribution in [2.75, 3.05) is 4.90 Å². The van der Waals surface area contributed by atoms with Crippen molar-refractivity contribution in [2.24, 2.45) is 0 Å². The van der Waals surface area contributed by atoms with Crippen LogP contribution < -0.4 is 4.90 Å². The number of fused-ring (bicyclic) bond motifs is 4. The molecule has 0 atom stereocenters. The second-order valence-corrected chi connectivity index (χ2v) is 14.8. The molecule has 54 heavy (non-hydrogen) atoms. The summed E-state index contributed by atoms with van der Waals surface area (Å²) in [6.45, 7) is 0. The van der Waals surface area contributed by atoms with Crippen LogP contribution in [0.15, 0.2) is 212 Å². The molecule has 1 heterocycles. The van der Waals surface area contributed by atoms with Crippen molar-refractivity contribution in [3.63, 3.8) is 0 Å². The molecule has 0 amide bonds. The van der Waals surface area contributed by atoms with Gasteiger partial charge in [0.05, 0.1) is 0 Å². The van der Waals surface area contributed by atoms with Crippen LogP contribution in [0.1, 0.15) is 0 Å². The van der Waals surface area contributed by atoms with Crippen LogP contribution in [0.25, 0.3) is 75.5 Å². The third kappa shape index (κ3) is 5.84. The van der Waals surface area contributed by atoms with E-state index in [2.05, 4.69) is 217 Å². The summed E-state index contributed by atoms with van der Waals surface area (Å²) in [5.41, 5.74) is 13.0. The van der Waals surface area contributed by atoms with Gasteiger partial charge in [0.25, 0.3) is 0 Å². The van der Waals surface area contributed by atoms with E-state index in [1.807, 2.05) is 11.3 Å². The van der Waals surface area contributed by atoms with Gasteiger partial charge in [-0.25, -0.2) is 0 Å². The summed E-state index contributed by atoms with van der Waals surface area (Å²) in [5, 5.41) is 5.17. The minimum Gasteiger partial charge on any atom is -0.310 e. The zero-order valence-electron chi connectivity index (χ0n) is 29.6. The highest BCUT2D eigenvalue weighted by Crippen LogP contribution is 2.42. The van der Waals surface area contributed by atoms with Crippen molar-refractivity contribution in [3.05, 3.63) is 212 Å². The molecule has 0 saturated heterocycles. The summed E-state index contributed by atoms with van der Waals surface area (Å²) in [4.78, 5) is 2.37. The first-order valence-electron chi connectivity index (χ1n) is 18.4. The van der Waals surface area contributed by atoms with Gasteiger partial charge in [-0.05, 0) is 110 Å². The van der Waals surface area contributed by atoms with Crippen LogP contribution in [0.2, 0.25) is 0 Å². The molecule has 9 aromatic carbocycles. The third-order valence-corrected chi connectivity index (χ3v) is 11.6. The zero-order valence-corrected chi connectivity index (χ0v) is 30.4. The van der Waals surface area contributed by atoms with Crippen LogP contribution in [0.3, 0.4) is 0 Å². The Balaban J connectivity index is 1.07. The Bertz CT molecular complexity index is 2920. The van der Waals surface area contributed by atoms with Gasteiger partial charge < -0.3 is 4.90 Å². The Morgan fingerprint density at radius 2 is 0.833 bits per heavy atom. The molecular formula is C52H35NS. The average molecular weight is 706 g/mol. The predicted octanol–water partition coefficient (Wildman–Crippen LogP) is 15.3. The molecule has 0 fully saturated rings. The van der Waals surface area contributed by atoms with Crippen LogP contribution in [0, 0.1) is 0 Å². The summed E-state index contributed by atoms with van der Waals surface area (Å²) in [6, 6.07) is 77.1. The maximum atomic E-state index is 2.37.